The fraction of sp³-hybridized carbons (Fsp3) is 0.500. The van der Waals surface area contributed by atoms with E-state index in [1.165, 1.54) is 6.92 Å². The number of rotatable bonds is 6. The molecule has 0 aliphatic carbocycles. The van der Waals surface area contributed by atoms with Gasteiger partial charge in [0.15, 0.2) is 5.78 Å². The zero-order valence-corrected chi connectivity index (χ0v) is 12.3. The van der Waals surface area contributed by atoms with E-state index in [0.717, 1.165) is 17.9 Å². The van der Waals surface area contributed by atoms with Crippen LogP contribution in [0.25, 0.3) is 0 Å². The maximum absolute atomic E-state index is 11.3. The number of nitrogens with zero attached hydrogens (tertiary/aromatic N) is 1. The van der Waals surface area contributed by atoms with Crippen LogP contribution >= 0.6 is 11.8 Å². The zero-order valence-electron chi connectivity index (χ0n) is 11.4. The first-order valence-electron chi connectivity index (χ1n) is 6.07. The Hall–Kier alpha value is -1.16. The van der Waals surface area contributed by atoms with Crippen molar-refractivity contribution in [3.8, 4) is 5.75 Å². The number of anilines is 1. The molecule has 1 atom stereocenters. The number of phenols is 1. The number of carbonyl (C=O) groups is 1. The van der Waals surface area contributed by atoms with Gasteiger partial charge >= 0.3 is 0 Å². The molecule has 0 bridgehead atoms. The molecule has 1 aromatic rings. The normalized spacial score (nSPS) is 12.2. The Morgan fingerprint density at radius 2 is 2.17 bits per heavy atom. The molecule has 0 fully saturated rings. The second-order valence-corrected chi connectivity index (χ2v) is 5.30. The number of aromatic hydroxyl groups is 1. The molecule has 1 unspecified atom stereocenters. The van der Waals surface area contributed by atoms with Gasteiger partial charge in [-0.05, 0) is 31.7 Å². The van der Waals surface area contributed by atoms with E-state index in [4.69, 9.17) is 0 Å². The fourth-order valence-electron chi connectivity index (χ4n) is 1.94. The van der Waals surface area contributed by atoms with E-state index < -0.39 is 0 Å². The van der Waals surface area contributed by atoms with E-state index in [0.29, 0.717) is 11.6 Å². The molecule has 1 N–H and O–H groups in total. The van der Waals surface area contributed by atoms with Gasteiger partial charge in [0.05, 0.1) is 5.56 Å². The first-order valence-corrected chi connectivity index (χ1v) is 7.46. The molecule has 4 heteroatoms. The van der Waals surface area contributed by atoms with Crippen molar-refractivity contribution in [2.75, 3.05) is 24.0 Å². The summed E-state index contributed by atoms with van der Waals surface area (Å²) < 4.78 is 0. The molecular weight excluding hydrogens is 246 g/mol. The molecule has 1 aromatic carbocycles. The predicted octanol–water partition coefficient (Wildman–Crippen LogP) is 3.17. The minimum absolute atomic E-state index is 0.0610. The molecule has 0 heterocycles. The summed E-state index contributed by atoms with van der Waals surface area (Å²) in [4.78, 5) is 13.4. The molecule has 0 saturated heterocycles. The number of phenolic OH excluding ortho intramolecular Hbond substituents is 1. The average Bonchev–Trinajstić information content (AvgIpc) is 2.34. The van der Waals surface area contributed by atoms with Crippen molar-refractivity contribution in [3.05, 3.63) is 23.8 Å². The van der Waals surface area contributed by atoms with Gasteiger partial charge in [0, 0.05) is 30.6 Å². The number of ketones is 1. The van der Waals surface area contributed by atoms with Crippen LogP contribution < -0.4 is 4.90 Å². The Balaban J connectivity index is 2.96. The lowest BCUT2D eigenvalue weighted by molar-refractivity contribution is 0.101. The third-order valence-electron chi connectivity index (χ3n) is 3.15. The molecule has 18 heavy (non-hydrogen) atoms. The maximum atomic E-state index is 11.3. The summed E-state index contributed by atoms with van der Waals surface area (Å²) in [6.07, 6.45) is 3.14. The van der Waals surface area contributed by atoms with Crippen molar-refractivity contribution in [2.45, 2.75) is 26.3 Å². The molecular formula is C14H21NO2S. The lowest BCUT2D eigenvalue weighted by Gasteiger charge is -2.29. The Morgan fingerprint density at radius 1 is 1.50 bits per heavy atom. The zero-order chi connectivity index (χ0) is 13.7. The highest BCUT2D eigenvalue weighted by Gasteiger charge is 2.15. The van der Waals surface area contributed by atoms with Crippen LogP contribution in [-0.2, 0) is 0 Å². The van der Waals surface area contributed by atoms with Gasteiger partial charge in [0.2, 0.25) is 0 Å². The van der Waals surface area contributed by atoms with Crippen molar-refractivity contribution in [3.63, 3.8) is 0 Å². The van der Waals surface area contributed by atoms with Gasteiger partial charge < -0.3 is 10.0 Å². The van der Waals surface area contributed by atoms with E-state index >= 15 is 0 Å². The molecule has 0 saturated carbocycles. The molecule has 0 radical (unpaired) electrons. The van der Waals surface area contributed by atoms with Crippen molar-refractivity contribution in [1.29, 1.82) is 0 Å². The first kappa shape index (κ1) is 14.9. The molecule has 0 amide bonds. The number of carbonyl (C=O) groups excluding carboxylic acids is 1. The number of benzene rings is 1. The van der Waals surface area contributed by atoms with E-state index in [9.17, 15) is 9.90 Å². The Kier molecular flexibility index (Phi) is 5.54. The van der Waals surface area contributed by atoms with Crippen LogP contribution in [-0.4, -0.2) is 36.0 Å². The largest absolute Gasteiger partial charge is 0.507 e. The van der Waals surface area contributed by atoms with Crippen LogP contribution in [0.5, 0.6) is 5.75 Å². The van der Waals surface area contributed by atoms with E-state index in [1.54, 1.807) is 12.1 Å². The van der Waals surface area contributed by atoms with Crippen LogP contribution in [0.4, 0.5) is 5.69 Å². The summed E-state index contributed by atoms with van der Waals surface area (Å²) in [6, 6.07) is 5.68. The fourth-order valence-corrected chi connectivity index (χ4v) is 2.79. The van der Waals surface area contributed by atoms with Crippen LogP contribution in [0.2, 0.25) is 0 Å². The summed E-state index contributed by atoms with van der Waals surface area (Å²) in [5.41, 5.74) is 1.32. The summed E-state index contributed by atoms with van der Waals surface area (Å²) in [7, 11) is 2.02. The molecule has 100 valence electrons. The molecule has 0 aliphatic rings. The van der Waals surface area contributed by atoms with Gasteiger partial charge in [-0.2, -0.15) is 11.8 Å². The lowest BCUT2D eigenvalue weighted by Crippen LogP contribution is -2.33. The van der Waals surface area contributed by atoms with Crippen molar-refractivity contribution >= 4 is 23.2 Å². The molecule has 0 spiro atoms. The van der Waals surface area contributed by atoms with Gasteiger partial charge in [-0.25, -0.2) is 0 Å². The van der Waals surface area contributed by atoms with E-state index in [2.05, 4.69) is 18.1 Å². The third kappa shape index (κ3) is 3.42. The summed E-state index contributed by atoms with van der Waals surface area (Å²) in [6.45, 7) is 3.61. The Morgan fingerprint density at radius 3 is 2.61 bits per heavy atom. The highest BCUT2D eigenvalue weighted by molar-refractivity contribution is 7.98. The number of hydrogen-bond acceptors (Lipinski definition) is 4. The molecule has 0 aromatic heterocycles. The van der Waals surface area contributed by atoms with Crippen molar-refractivity contribution < 1.29 is 9.90 Å². The van der Waals surface area contributed by atoms with Crippen LogP contribution in [0.15, 0.2) is 18.2 Å². The smallest absolute Gasteiger partial charge is 0.163 e. The third-order valence-corrected chi connectivity index (χ3v) is 3.86. The predicted molar refractivity (Wildman–Crippen MR) is 79.0 cm³/mol. The maximum Gasteiger partial charge on any atom is 0.163 e. The highest BCUT2D eigenvalue weighted by atomic mass is 32.2. The Bertz CT molecular complexity index is 420. The standard InChI is InChI=1S/C14H21NO2S/c1-5-11(9-18-4)15(3)12-6-7-13(10(2)16)14(17)8-12/h6-8,11,17H,5,9H2,1-4H3. The van der Waals surface area contributed by atoms with E-state index in [-0.39, 0.29) is 11.5 Å². The quantitative estimate of drug-likeness (QED) is 0.804. The summed E-state index contributed by atoms with van der Waals surface area (Å²) in [5, 5.41) is 9.84. The first-order chi connectivity index (χ1) is 8.51. The van der Waals surface area contributed by atoms with Gasteiger partial charge in [0.25, 0.3) is 0 Å². The van der Waals surface area contributed by atoms with Gasteiger partial charge in [0.1, 0.15) is 5.75 Å². The van der Waals surface area contributed by atoms with Gasteiger partial charge in [-0.3, -0.25) is 4.79 Å². The van der Waals surface area contributed by atoms with Crippen molar-refractivity contribution in [2.24, 2.45) is 0 Å². The second kappa shape index (κ2) is 6.69. The van der Waals surface area contributed by atoms with Crippen molar-refractivity contribution in [1.82, 2.24) is 0 Å². The number of thioether (sulfide) groups is 1. The summed E-state index contributed by atoms with van der Waals surface area (Å²) in [5.74, 6) is 0.992. The molecule has 1 rings (SSSR count). The Labute approximate surface area is 113 Å². The average molecular weight is 267 g/mol. The van der Waals surface area contributed by atoms with E-state index in [1.807, 2.05) is 24.9 Å². The van der Waals surface area contributed by atoms with Crippen LogP contribution in [0.1, 0.15) is 30.6 Å². The SMILES string of the molecule is CCC(CSC)N(C)c1ccc(C(C)=O)c(O)c1. The minimum Gasteiger partial charge on any atom is -0.507 e. The van der Waals surface area contributed by atoms with Crippen LogP contribution in [0, 0.1) is 0 Å². The summed E-state index contributed by atoms with van der Waals surface area (Å²) >= 11 is 1.81. The molecule has 3 nitrogen and oxygen atoms in total. The number of Topliss-reactive ketones (excluding diaryl/α,β-unsaturated/α-hetero) is 1. The highest BCUT2D eigenvalue weighted by Crippen LogP contribution is 2.26. The molecule has 0 aliphatic heterocycles. The van der Waals surface area contributed by atoms with Gasteiger partial charge in [-0.1, -0.05) is 6.92 Å². The van der Waals surface area contributed by atoms with Gasteiger partial charge in [-0.15, -0.1) is 0 Å². The minimum atomic E-state index is -0.113. The van der Waals surface area contributed by atoms with Crippen LogP contribution in [0.3, 0.4) is 0 Å². The monoisotopic (exact) mass is 267 g/mol. The lowest BCUT2D eigenvalue weighted by atomic mass is 10.1. The second-order valence-electron chi connectivity index (χ2n) is 4.39. The topological polar surface area (TPSA) is 40.5 Å². The number of hydrogen-bond donors (Lipinski definition) is 1.